The van der Waals surface area contributed by atoms with Crippen molar-refractivity contribution in [1.29, 1.82) is 0 Å². The first-order chi connectivity index (χ1) is 13.5. The van der Waals surface area contributed by atoms with Crippen molar-refractivity contribution in [1.82, 2.24) is 9.55 Å². The molecule has 0 radical (unpaired) electrons. The van der Waals surface area contributed by atoms with Crippen molar-refractivity contribution >= 4 is 16.2 Å². The number of nitrogens with zero attached hydrogens (tertiary/aromatic N) is 2. The molecule has 0 bridgehead atoms. The standard InChI is InChI=1S/C18H23F2N3O5S/c1-4-6-23-15(5-7-27-18(21)24)22-16(11(2)3)17(23)29(25,26)28-14-9-12(19)8-13(20)10-14/h8-11H,4-7H2,1-3H3,(H2,21,24). The molecule has 8 nitrogen and oxygen atoms in total. The lowest BCUT2D eigenvalue weighted by molar-refractivity contribution is 0.157. The Bertz CT molecular complexity index is 969. The van der Waals surface area contributed by atoms with Gasteiger partial charge in [-0.15, -0.1) is 0 Å². The van der Waals surface area contributed by atoms with Crippen LogP contribution < -0.4 is 9.92 Å². The molecule has 0 spiro atoms. The van der Waals surface area contributed by atoms with E-state index in [9.17, 15) is 22.0 Å². The van der Waals surface area contributed by atoms with Crippen LogP contribution in [-0.4, -0.2) is 30.7 Å². The predicted molar refractivity (Wildman–Crippen MR) is 100 cm³/mol. The average molecular weight is 431 g/mol. The second-order valence-electron chi connectivity index (χ2n) is 6.58. The van der Waals surface area contributed by atoms with Gasteiger partial charge in [0.2, 0.25) is 0 Å². The summed E-state index contributed by atoms with van der Waals surface area (Å²) in [6.07, 6.45) is -0.242. The topological polar surface area (TPSA) is 114 Å². The number of nitrogens with two attached hydrogens (primary N) is 1. The zero-order chi connectivity index (χ0) is 21.8. The molecule has 0 saturated heterocycles. The maximum Gasteiger partial charge on any atom is 0.404 e. The largest absolute Gasteiger partial charge is 0.449 e. The van der Waals surface area contributed by atoms with Gasteiger partial charge in [-0.3, -0.25) is 0 Å². The van der Waals surface area contributed by atoms with E-state index in [-0.39, 0.29) is 29.7 Å². The monoisotopic (exact) mass is 431 g/mol. The fourth-order valence-electron chi connectivity index (χ4n) is 2.77. The molecule has 160 valence electrons. The Morgan fingerprint density at radius 2 is 1.86 bits per heavy atom. The third-order valence-corrected chi connectivity index (χ3v) is 5.18. The Morgan fingerprint density at radius 1 is 1.24 bits per heavy atom. The van der Waals surface area contributed by atoms with Gasteiger partial charge in [0.05, 0.1) is 5.69 Å². The normalized spacial score (nSPS) is 11.7. The highest BCUT2D eigenvalue weighted by Gasteiger charge is 2.31. The Hall–Kier alpha value is -2.69. The molecular weight excluding hydrogens is 408 g/mol. The molecule has 0 aliphatic heterocycles. The first kappa shape index (κ1) is 22.6. The number of primary amides is 1. The minimum absolute atomic E-state index is 0.0803. The summed E-state index contributed by atoms with van der Waals surface area (Å²) < 4.78 is 64.1. The minimum Gasteiger partial charge on any atom is -0.449 e. The molecule has 0 fully saturated rings. The first-order valence-corrected chi connectivity index (χ1v) is 10.4. The summed E-state index contributed by atoms with van der Waals surface area (Å²) in [5.41, 5.74) is 5.19. The van der Waals surface area contributed by atoms with E-state index in [1.54, 1.807) is 13.8 Å². The van der Waals surface area contributed by atoms with Crippen molar-refractivity contribution in [3.05, 3.63) is 41.4 Å². The molecular formula is C18H23F2N3O5S. The Kier molecular flexibility index (Phi) is 7.17. The molecule has 0 aliphatic rings. The molecule has 1 aromatic heterocycles. The van der Waals surface area contributed by atoms with Crippen molar-refractivity contribution < 1.29 is 30.9 Å². The average Bonchev–Trinajstić information content (AvgIpc) is 2.93. The number of imidazole rings is 1. The highest BCUT2D eigenvalue weighted by molar-refractivity contribution is 7.87. The van der Waals surface area contributed by atoms with Crippen LogP contribution in [0.2, 0.25) is 0 Å². The van der Waals surface area contributed by atoms with Crippen molar-refractivity contribution in [3.8, 4) is 5.75 Å². The van der Waals surface area contributed by atoms with E-state index in [0.717, 1.165) is 12.1 Å². The van der Waals surface area contributed by atoms with Gasteiger partial charge in [0.25, 0.3) is 0 Å². The second kappa shape index (κ2) is 9.21. The maximum atomic E-state index is 13.4. The van der Waals surface area contributed by atoms with Crippen LogP contribution in [0.15, 0.2) is 23.2 Å². The smallest absolute Gasteiger partial charge is 0.404 e. The quantitative estimate of drug-likeness (QED) is 0.611. The first-order valence-electron chi connectivity index (χ1n) is 8.97. The van der Waals surface area contributed by atoms with Gasteiger partial charge in [-0.1, -0.05) is 20.8 Å². The number of halogens is 2. The van der Waals surface area contributed by atoms with Crippen LogP contribution in [0.3, 0.4) is 0 Å². The van der Waals surface area contributed by atoms with Gasteiger partial charge in [0.15, 0.2) is 5.03 Å². The summed E-state index contributed by atoms with van der Waals surface area (Å²) in [6.45, 7) is 5.56. The molecule has 29 heavy (non-hydrogen) atoms. The van der Waals surface area contributed by atoms with E-state index in [0.29, 0.717) is 24.9 Å². The molecule has 11 heteroatoms. The fourth-order valence-corrected chi connectivity index (χ4v) is 4.21. The number of carbonyl (C=O) groups is 1. The molecule has 1 amide bonds. The Balaban J connectivity index is 2.51. The van der Waals surface area contributed by atoms with Gasteiger partial charge in [0, 0.05) is 31.2 Å². The van der Waals surface area contributed by atoms with E-state index < -0.39 is 33.6 Å². The number of hydrogen-bond donors (Lipinski definition) is 1. The van der Waals surface area contributed by atoms with Gasteiger partial charge < -0.3 is 19.2 Å². The van der Waals surface area contributed by atoms with Crippen LogP contribution in [0, 0.1) is 11.6 Å². The lowest BCUT2D eigenvalue weighted by Gasteiger charge is -2.14. The van der Waals surface area contributed by atoms with Crippen LogP contribution in [0.4, 0.5) is 13.6 Å². The number of benzene rings is 1. The summed E-state index contributed by atoms with van der Waals surface area (Å²) in [6, 6.07) is 2.16. The number of amides is 1. The predicted octanol–water partition coefficient (Wildman–Crippen LogP) is 3.10. The number of hydrogen-bond acceptors (Lipinski definition) is 6. The molecule has 2 N–H and O–H groups in total. The van der Waals surface area contributed by atoms with Gasteiger partial charge >= 0.3 is 16.2 Å². The summed E-state index contributed by atoms with van der Waals surface area (Å²) >= 11 is 0. The van der Waals surface area contributed by atoms with E-state index >= 15 is 0 Å². The van der Waals surface area contributed by atoms with Crippen LogP contribution in [0.5, 0.6) is 5.75 Å². The fraction of sp³-hybridized carbons (Fsp3) is 0.444. The summed E-state index contributed by atoms with van der Waals surface area (Å²) in [5.74, 6) is -2.35. The minimum atomic E-state index is -4.46. The van der Waals surface area contributed by atoms with Gasteiger partial charge in [-0.25, -0.2) is 18.6 Å². The van der Waals surface area contributed by atoms with Crippen LogP contribution in [0.25, 0.3) is 0 Å². The third-order valence-electron chi connectivity index (χ3n) is 3.87. The van der Waals surface area contributed by atoms with Crippen molar-refractivity contribution in [2.45, 2.75) is 51.1 Å². The maximum absolute atomic E-state index is 13.4. The van der Waals surface area contributed by atoms with Gasteiger partial charge in [0.1, 0.15) is 29.8 Å². The molecule has 2 aromatic rings. The van der Waals surface area contributed by atoms with Crippen LogP contribution >= 0.6 is 0 Å². The van der Waals surface area contributed by atoms with Gasteiger partial charge in [-0.2, -0.15) is 8.42 Å². The number of rotatable bonds is 9. The van der Waals surface area contributed by atoms with E-state index in [1.807, 2.05) is 6.92 Å². The van der Waals surface area contributed by atoms with Gasteiger partial charge in [-0.05, 0) is 12.3 Å². The van der Waals surface area contributed by atoms with Crippen molar-refractivity contribution in [3.63, 3.8) is 0 Å². The zero-order valence-corrected chi connectivity index (χ0v) is 17.1. The summed E-state index contributed by atoms with van der Waals surface area (Å²) in [4.78, 5) is 15.2. The number of aromatic nitrogens is 2. The van der Waals surface area contributed by atoms with Crippen LogP contribution in [0.1, 0.15) is 44.6 Å². The Morgan fingerprint density at radius 3 is 2.38 bits per heavy atom. The molecule has 0 unspecified atom stereocenters. The molecule has 0 aliphatic carbocycles. The second-order valence-corrected chi connectivity index (χ2v) is 8.05. The zero-order valence-electron chi connectivity index (χ0n) is 16.3. The molecule has 2 rings (SSSR count). The summed E-state index contributed by atoms with van der Waals surface area (Å²) in [7, 11) is -4.46. The summed E-state index contributed by atoms with van der Waals surface area (Å²) in [5, 5.41) is -0.201. The molecule has 1 heterocycles. The van der Waals surface area contributed by atoms with E-state index in [4.69, 9.17) is 14.7 Å². The molecule has 0 saturated carbocycles. The lowest BCUT2D eigenvalue weighted by atomic mass is 10.1. The van der Waals surface area contributed by atoms with Crippen LogP contribution in [-0.2, 0) is 27.8 Å². The third kappa shape index (κ3) is 5.66. The number of ether oxygens (including phenoxy) is 1. The lowest BCUT2D eigenvalue weighted by Crippen LogP contribution is -2.20. The highest BCUT2D eigenvalue weighted by atomic mass is 32.2. The van der Waals surface area contributed by atoms with Crippen molar-refractivity contribution in [2.24, 2.45) is 5.73 Å². The highest BCUT2D eigenvalue weighted by Crippen LogP contribution is 2.29. The Labute approximate surface area is 167 Å². The number of carbonyl (C=O) groups excluding carboxylic acids is 1. The van der Waals surface area contributed by atoms with Crippen molar-refractivity contribution in [2.75, 3.05) is 6.61 Å². The SMILES string of the molecule is CCCn1c(CCOC(N)=O)nc(C(C)C)c1S(=O)(=O)Oc1cc(F)cc(F)c1. The molecule has 1 aromatic carbocycles. The van der Waals surface area contributed by atoms with E-state index in [1.165, 1.54) is 4.57 Å². The van der Waals surface area contributed by atoms with E-state index in [2.05, 4.69) is 4.98 Å². The molecule has 0 atom stereocenters.